The highest BCUT2D eigenvalue weighted by Gasteiger charge is 2.04. The van der Waals surface area contributed by atoms with E-state index in [0.717, 1.165) is 17.1 Å². The van der Waals surface area contributed by atoms with Gasteiger partial charge in [0.1, 0.15) is 11.5 Å². The zero-order chi connectivity index (χ0) is 16.1. The van der Waals surface area contributed by atoms with E-state index < -0.39 is 0 Å². The van der Waals surface area contributed by atoms with E-state index >= 15 is 0 Å². The Labute approximate surface area is 133 Å². The maximum atomic E-state index is 12.0. The van der Waals surface area contributed by atoms with Gasteiger partial charge in [0.25, 0.3) is 0 Å². The van der Waals surface area contributed by atoms with Crippen LogP contribution in [0.15, 0.2) is 71.3 Å². The average Bonchev–Trinajstić information content (AvgIpc) is 3.11. The molecule has 5 heteroatoms. The van der Waals surface area contributed by atoms with Crippen LogP contribution in [0.4, 0.5) is 16.2 Å². The monoisotopic (exact) mass is 308 g/mol. The molecule has 0 fully saturated rings. The van der Waals surface area contributed by atoms with Crippen LogP contribution in [0.3, 0.4) is 0 Å². The van der Waals surface area contributed by atoms with Gasteiger partial charge in [-0.2, -0.15) is 0 Å². The quantitative estimate of drug-likeness (QED) is 0.740. The van der Waals surface area contributed by atoms with E-state index in [1.165, 1.54) is 0 Å². The molecule has 0 aliphatic heterocycles. The number of nitrogens with one attached hydrogen (secondary N) is 2. The molecule has 1 aromatic heterocycles. The number of carbonyl (C=O) groups excluding carboxylic acids is 1. The largest absolute Gasteiger partial charge is 0.497 e. The number of methoxy groups -OCH3 is 1. The third kappa shape index (κ3) is 3.71. The van der Waals surface area contributed by atoms with Crippen molar-refractivity contribution in [3.63, 3.8) is 0 Å². The molecule has 0 aliphatic carbocycles. The summed E-state index contributed by atoms with van der Waals surface area (Å²) in [5, 5.41) is 5.54. The van der Waals surface area contributed by atoms with E-state index in [1.54, 1.807) is 37.6 Å². The van der Waals surface area contributed by atoms with Crippen LogP contribution in [-0.2, 0) is 0 Å². The molecular formula is C18H16N2O3. The summed E-state index contributed by atoms with van der Waals surface area (Å²) in [5.41, 5.74) is 2.35. The standard InChI is InChI=1S/C18H16N2O3/c1-22-16-10-8-15(9-11-16)20-18(21)19-14-6-4-13(5-7-14)17-3-2-12-23-17/h2-12H,1H3,(H2,19,20,21). The fourth-order valence-electron chi connectivity index (χ4n) is 2.13. The van der Waals surface area contributed by atoms with Gasteiger partial charge >= 0.3 is 6.03 Å². The number of carbonyl (C=O) groups is 1. The first-order valence-corrected chi connectivity index (χ1v) is 7.10. The van der Waals surface area contributed by atoms with Gasteiger partial charge in [0, 0.05) is 16.9 Å². The molecule has 0 atom stereocenters. The normalized spacial score (nSPS) is 10.1. The molecule has 1 heterocycles. The number of hydrogen-bond donors (Lipinski definition) is 2. The Morgan fingerprint density at radius 1 is 0.913 bits per heavy atom. The highest BCUT2D eigenvalue weighted by molar-refractivity contribution is 5.99. The fourth-order valence-corrected chi connectivity index (χ4v) is 2.13. The molecule has 0 radical (unpaired) electrons. The first-order chi connectivity index (χ1) is 11.2. The van der Waals surface area contributed by atoms with Crippen molar-refractivity contribution in [3.05, 3.63) is 66.9 Å². The maximum Gasteiger partial charge on any atom is 0.323 e. The van der Waals surface area contributed by atoms with Crippen molar-refractivity contribution in [1.29, 1.82) is 0 Å². The SMILES string of the molecule is COc1ccc(NC(=O)Nc2ccc(-c3ccco3)cc2)cc1. The molecule has 2 N–H and O–H groups in total. The van der Waals surface area contributed by atoms with Gasteiger partial charge in [0.2, 0.25) is 0 Å². The molecule has 0 bridgehead atoms. The minimum absolute atomic E-state index is 0.305. The van der Waals surface area contributed by atoms with Crippen LogP contribution >= 0.6 is 0 Å². The van der Waals surface area contributed by atoms with Gasteiger partial charge in [0.05, 0.1) is 13.4 Å². The minimum atomic E-state index is -0.305. The minimum Gasteiger partial charge on any atom is -0.497 e. The molecule has 3 aromatic rings. The van der Waals surface area contributed by atoms with Crippen LogP contribution in [0.25, 0.3) is 11.3 Å². The molecule has 2 aromatic carbocycles. The van der Waals surface area contributed by atoms with Crippen molar-refractivity contribution < 1.29 is 13.9 Å². The Balaban J connectivity index is 1.61. The van der Waals surface area contributed by atoms with Crippen molar-refractivity contribution in [1.82, 2.24) is 0 Å². The second-order valence-corrected chi connectivity index (χ2v) is 4.86. The Kier molecular flexibility index (Phi) is 4.29. The predicted octanol–water partition coefficient (Wildman–Crippen LogP) is 4.60. The Morgan fingerprint density at radius 2 is 1.52 bits per heavy atom. The van der Waals surface area contributed by atoms with E-state index in [-0.39, 0.29) is 6.03 Å². The molecule has 0 spiro atoms. The second kappa shape index (κ2) is 6.70. The van der Waals surface area contributed by atoms with Crippen LogP contribution in [0.1, 0.15) is 0 Å². The van der Waals surface area contributed by atoms with Gasteiger partial charge in [0.15, 0.2) is 0 Å². The van der Waals surface area contributed by atoms with Crippen LogP contribution in [0.5, 0.6) is 5.75 Å². The van der Waals surface area contributed by atoms with E-state index in [9.17, 15) is 4.79 Å². The lowest BCUT2D eigenvalue weighted by atomic mass is 10.1. The van der Waals surface area contributed by atoms with Crippen molar-refractivity contribution >= 4 is 17.4 Å². The fraction of sp³-hybridized carbons (Fsp3) is 0.0556. The Hall–Kier alpha value is -3.21. The first kappa shape index (κ1) is 14.7. The molecule has 116 valence electrons. The molecule has 23 heavy (non-hydrogen) atoms. The smallest absolute Gasteiger partial charge is 0.323 e. The van der Waals surface area contributed by atoms with Gasteiger partial charge in [-0.1, -0.05) is 0 Å². The topological polar surface area (TPSA) is 63.5 Å². The summed E-state index contributed by atoms with van der Waals surface area (Å²) in [6.07, 6.45) is 1.63. The third-order valence-corrected chi connectivity index (χ3v) is 3.30. The lowest BCUT2D eigenvalue weighted by Crippen LogP contribution is -2.19. The molecule has 2 amide bonds. The molecule has 0 unspecified atom stereocenters. The zero-order valence-electron chi connectivity index (χ0n) is 12.6. The molecule has 0 saturated carbocycles. The first-order valence-electron chi connectivity index (χ1n) is 7.10. The van der Waals surface area contributed by atoms with Crippen LogP contribution in [0, 0.1) is 0 Å². The molecule has 5 nitrogen and oxygen atoms in total. The summed E-state index contributed by atoms with van der Waals surface area (Å²) >= 11 is 0. The number of hydrogen-bond acceptors (Lipinski definition) is 3. The number of benzene rings is 2. The lowest BCUT2D eigenvalue weighted by Gasteiger charge is -2.08. The van der Waals surface area contributed by atoms with Crippen molar-refractivity contribution in [2.45, 2.75) is 0 Å². The maximum absolute atomic E-state index is 12.0. The van der Waals surface area contributed by atoms with Crippen LogP contribution in [0.2, 0.25) is 0 Å². The van der Waals surface area contributed by atoms with Crippen molar-refractivity contribution in [2.24, 2.45) is 0 Å². The van der Waals surface area contributed by atoms with Crippen LogP contribution in [-0.4, -0.2) is 13.1 Å². The predicted molar refractivity (Wildman–Crippen MR) is 89.8 cm³/mol. The summed E-state index contributed by atoms with van der Waals surface area (Å²) in [7, 11) is 1.60. The van der Waals surface area contributed by atoms with E-state index in [1.807, 2.05) is 36.4 Å². The highest BCUT2D eigenvalue weighted by atomic mass is 16.5. The summed E-state index contributed by atoms with van der Waals surface area (Å²) in [6, 6.07) is 18.0. The summed E-state index contributed by atoms with van der Waals surface area (Å²) < 4.78 is 10.4. The van der Waals surface area contributed by atoms with Crippen molar-refractivity contribution in [2.75, 3.05) is 17.7 Å². The van der Waals surface area contributed by atoms with Crippen molar-refractivity contribution in [3.8, 4) is 17.1 Å². The molecular weight excluding hydrogens is 292 g/mol. The van der Waals surface area contributed by atoms with E-state index in [2.05, 4.69) is 10.6 Å². The van der Waals surface area contributed by atoms with E-state index in [4.69, 9.17) is 9.15 Å². The number of rotatable bonds is 4. The summed E-state index contributed by atoms with van der Waals surface area (Å²) in [4.78, 5) is 12.0. The Bertz CT molecular complexity index is 763. The summed E-state index contributed by atoms with van der Waals surface area (Å²) in [5.74, 6) is 1.53. The number of anilines is 2. The average molecular weight is 308 g/mol. The number of amides is 2. The number of furan rings is 1. The van der Waals surface area contributed by atoms with Gasteiger partial charge in [-0.25, -0.2) is 4.79 Å². The number of urea groups is 1. The Morgan fingerprint density at radius 3 is 2.04 bits per heavy atom. The zero-order valence-corrected chi connectivity index (χ0v) is 12.6. The van der Waals surface area contributed by atoms with Crippen LogP contribution < -0.4 is 15.4 Å². The highest BCUT2D eigenvalue weighted by Crippen LogP contribution is 2.22. The van der Waals surface area contributed by atoms with Gasteiger partial charge < -0.3 is 19.8 Å². The number of ether oxygens (including phenoxy) is 1. The molecule has 3 rings (SSSR count). The van der Waals surface area contributed by atoms with E-state index in [0.29, 0.717) is 11.4 Å². The van der Waals surface area contributed by atoms with Gasteiger partial charge in [-0.15, -0.1) is 0 Å². The third-order valence-electron chi connectivity index (χ3n) is 3.30. The second-order valence-electron chi connectivity index (χ2n) is 4.86. The summed E-state index contributed by atoms with van der Waals surface area (Å²) in [6.45, 7) is 0. The van der Waals surface area contributed by atoms with Gasteiger partial charge in [-0.3, -0.25) is 0 Å². The lowest BCUT2D eigenvalue weighted by molar-refractivity contribution is 0.262. The molecule has 0 aliphatic rings. The van der Waals surface area contributed by atoms with Gasteiger partial charge in [-0.05, 0) is 60.7 Å². The molecule has 0 saturated heterocycles.